The summed E-state index contributed by atoms with van der Waals surface area (Å²) in [6.45, 7) is 0.701. The Morgan fingerprint density at radius 2 is 2.06 bits per heavy atom. The van der Waals surface area contributed by atoms with E-state index in [0.29, 0.717) is 6.54 Å². The lowest BCUT2D eigenvalue weighted by Crippen LogP contribution is -1.99. The SMILES string of the molecule is CSc1ccc(NCc2cn(C)nn2)cc1. The molecular formula is C11H14N4S. The normalized spacial score (nSPS) is 10.4. The predicted molar refractivity (Wildman–Crippen MR) is 66.6 cm³/mol. The summed E-state index contributed by atoms with van der Waals surface area (Å²) in [5, 5.41) is 11.2. The molecule has 0 aliphatic carbocycles. The molecule has 5 heteroatoms. The summed E-state index contributed by atoms with van der Waals surface area (Å²) >= 11 is 1.74. The summed E-state index contributed by atoms with van der Waals surface area (Å²) in [5.41, 5.74) is 2.04. The number of hydrogen-bond acceptors (Lipinski definition) is 4. The molecule has 1 N–H and O–H groups in total. The van der Waals surface area contributed by atoms with Crippen LogP contribution in [0.2, 0.25) is 0 Å². The summed E-state index contributed by atoms with van der Waals surface area (Å²) in [6.07, 6.45) is 3.98. The lowest BCUT2D eigenvalue weighted by molar-refractivity contribution is 0.713. The van der Waals surface area contributed by atoms with E-state index in [0.717, 1.165) is 11.4 Å². The van der Waals surface area contributed by atoms with Gasteiger partial charge < -0.3 is 5.32 Å². The van der Waals surface area contributed by atoms with E-state index < -0.39 is 0 Å². The Labute approximate surface area is 99.1 Å². The molecule has 2 rings (SSSR count). The molecule has 0 radical (unpaired) electrons. The number of nitrogens with zero attached hydrogens (tertiary/aromatic N) is 3. The van der Waals surface area contributed by atoms with Crippen LogP contribution < -0.4 is 5.32 Å². The highest BCUT2D eigenvalue weighted by molar-refractivity contribution is 7.98. The monoisotopic (exact) mass is 234 g/mol. The average Bonchev–Trinajstić information content (AvgIpc) is 2.73. The fourth-order valence-electron chi connectivity index (χ4n) is 1.38. The van der Waals surface area contributed by atoms with Gasteiger partial charge in [0, 0.05) is 23.8 Å². The van der Waals surface area contributed by atoms with Crippen LogP contribution in [-0.4, -0.2) is 21.2 Å². The molecule has 0 unspecified atom stereocenters. The van der Waals surface area contributed by atoms with E-state index in [9.17, 15) is 0 Å². The van der Waals surface area contributed by atoms with Crippen LogP contribution in [0.25, 0.3) is 0 Å². The molecular weight excluding hydrogens is 220 g/mol. The highest BCUT2D eigenvalue weighted by Crippen LogP contribution is 2.17. The molecule has 1 heterocycles. The lowest BCUT2D eigenvalue weighted by Gasteiger charge is -2.04. The first kappa shape index (κ1) is 11.0. The summed E-state index contributed by atoms with van der Waals surface area (Å²) < 4.78 is 1.70. The van der Waals surface area contributed by atoms with Crippen LogP contribution in [0.3, 0.4) is 0 Å². The molecule has 0 saturated carbocycles. The third-order valence-corrected chi connectivity index (χ3v) is 2.96. The van der Waals surface area contributed by atoms with Crippen LogP contribution in [0.1, 0.15) is 5.69 Å². The Bertz CT molecular complexity index is 449. The lowest BCUT2D eigenvalue weighted by atomic mass is 10.3. The second-order valence-corrected chi connectivity index (χ2v) is 4.35. The molecule has 0 amide bonds. The molecule has 1 aromatic heterocycles. The van der Waals surface area contributed by atoms with Gasteiger partial charge in [-0.25, -0.2) is 0 Å². The van der Waals surface area contributed by atoms with E-state index >= 15 is 0 Å². The molecule has 16 heavy (non-hydrogen) atoms. The molecule has 0 atom stereocenters. The second-order valence-electron chi connectivity index (χ2n) is 3.47. The van der Waals surface area contributed by atoms with Gasteiger partial charge in [-0.1, -0.05) is 5.21 Å². The third kappa shape index (κ3) is 2.76. The zero-order chi connectivity index (χ0) is 11.4. The smallest absolute Gasteiger partial charge is 0.102 e. The van der Waals surface area contributed by atoms with Gasteiger partial charge in [-0.15, -0.1) is 16.9 Å². The van der Waals surface area contributed by atoms with Crippen molar-refractivity contribution in [2.45, 2.75) is 11.4 Å². The van der Waals surface area contributed by atoms with E-state index in [1.54, 1.807) is 16.4 Å². The zero-order valence-electron chi connectivity index (χ0n) is 9.34. The van der Waals surface area contributed by atoms with Crippen molar-refractivity contribution in [2.24, 2.45) is 7.05 Å². The van der Waals surface area contributed by atoms with Gasteiger partial charge >= 0.3 is 0 Å². The fraction of sp³-hybridized carbons (Fsp3) is 0.273. The third-order valence-electron chi connectivity index (χ3n) is 2.21. The second kappa shape index (κ2) is 5.03. The Morgan fingerprint density at radius 1 is 1.31 bits per heavy atom. The molecule has 4 nitrogen and oxygen atoms in total. The van der Waals surface area contributed by atoms with Crippen molar-refractivity contribution in [1.29, 1.82) is 0 Å². The van der Waals surface area contributed by atoms with Crippen LogP contribution in [0, 0.1) is 0 Å². The Hall–Kier alpha value is -1.49. The molecule has 0 fully saturated rings. The molecule has 0 bridgehead atoms. The maximum atomic E-state index is 4.01. The Balaban J connectivity index is 1.94. The first-order valence-corrected chi connectivity index (χ1v) is 6.23. The topological polar surface area (TPSA) is 42.7 Å². The molecule has 2 aromatic rings. The standard InChI is InChI=1S/C11H14N4S/c1-15-8-10(13-14-15)7-12-9-3-5-11(16-2)6-4-9/h3-6,8,12H,7H2,1-2H3. The van der Waals surface area contributed by atoms with Crippen molar-refractivity contribution in [2.75, 3.05) is 11.6 Å². The van der Waals surface area contributed by atoms with Gasteiger partial charge in [0.25, 0.3) is 0 Å². The van der Waals surface area contributed by atoms with Crippen molar-refractivity contribution in [3.63, 3.8) is 0 Å². The largest absolute Gasteiger partial charge is 0.379 e. The molecule has 84 valence electrons. The maximum absolute atomic E-state index is 4.01. The number of thioether (sulfide) groups is 1. The predicted octanol–water partition coefficient (Wildman–Crippen LogP) is 2.15. The van der Waals surface area contributed by atoms with Gasteiger partial charge in [0.2, 0.25) is 0 Å². The van der Waals surface area contributed by atoms with E-state index in [4.69, 9.17) is 0 Å². The number of rotatable bonds is 4. The zero-order valence-corrected chi connectivity index (χ0v) is 10.2. The minimum atomic E-state index is 0.701. The van der Waals surface area contributed by atoms with Gasteiger partial charge in [0.1, 0.15) is 5.69 Å². The van der Waals surface area contributed by atoms with Crippen LogP contribution in [0.5, 0.6) is 0 Å². The Kier molecular flexibility index (Phi) is 3.46. The molecule has 0 saturated heterocycles. The minimum Gasteiger partial charge on any atom is -0.379 e. The minimum absolute atomic E-state index is 0.701. The van der Waals surface area contributed by atoms with Crippen molar-refractivity contribution in [3.8, 4) is 0 Å². The quantitative estimate of drug-likeness (QED) is 0.823. The van der Waals surface area contributed by atoms with E-state index in [1.165, 1.54) is 4.90 Å². The highest BCUT2D eigenvalue weighted by atomic mass is 32.2. The van der Waals surface area contributed by atoms with Crippen molar-refractivity contribution >= 4 is 17.4 Å². The first-order valence-electron chi connectivity index (χ1n) is 5.01. The van der Waals surface area contributed by atoms with Crippen LogP contribution in [-0.2, 0) is 13.6 Å². The van der Waals surface area contributed by atoms with Gasteiger partial charge in [-0.05, 0) is 30.5 Å². The molecule has 0 aliphatic rings. The van der Waals surface area contributed by atoms with Crippen molar-refractivity contribution in [1.82, 2.24) is 15.0 Å². The summed E-state index contributed by atoms with van der Waals surface area (Å²) in [4.78, 5) is 1.27. The molecule has 0 aliphatic heterocycles. The van der Waals surface area contributed by atoms with Gasteiger partial charge in [-0.3, -0.25) is 4.68 Å². The van der Waals surface area contributed by atoms with E-state index in [1.807, 2.05) is 13.2 Å². The van der Waals surface area contributed by atoms with Crippen LogP contribution in [0.15, 0.2) is 35.4 Å². The van der Waals surface area contributed by atoms with Crippen LogP contribution >= 0.6 is 11.8 Å². The van der Waals surface area contributed by atoms with Gasteiger partial charge in [0.05, 0.1) is 6.54 Å². The van der Waals surface area contributed by atoms with E-state index in [-0.39, 0.29) is 0 Å². The first-order chi connectivity index (χ1) is 7.78. The van der Waals surface area contributed by atoms with Crippen molar-refractivity contribution in [3.05, 3.63) is 36.2 Å². The number of nitrogens with one attached hydrogen (secondary N) is 1. The summed E-state index contributed by atoms with van der Waals surface area (Å²) in [6, 6.07) is 8.34. The van der Waals surface area contributed by atoms with Crippen LogP contribution in [0.4, 0.5) is 5.69 Å². The summed E-state index contributed by atoms with van der Waals surface area (Å²) in [7, 11) is 1.86. The molecule has 0 spiro atoms. The number of aromatic nitrogens is 3. The summed E-state index contributed by atoms with van der Waals surface area (Å²) in [5.74, 6) is 0. The van der Waals surface area contributed by atoms with Gasteiger partial charge in [0.15, 0.2) is 0 Å². The highest BCUT2D eigenvalue weighted by Gasteiger charge is 1.98. The Morgan fingerprint density at radius 3 is 2.62 bits per heavy atom. The number of benzene rings is 1. The number of aryl methyl sites for hydroxylation is 1. The maximum Gasteiger partial charge on any atom is 0.102 e. The number of hydrogen-bond donors (Lipinski definition) is 1. The van der Waals surface area contributed by atoms with Gasteiger partial charge in [-0.2, -0.15) is 0 Å². The van der Waals surface area contributed by atoms with E-state index in [2.05, 4.69) is 46.2 Å². The fourth-order valence-corrected chi connectivity index (χ4v) is 1.79. The van der Waals surface area contributed by atoms with Crippen molar-refractivity contribution < 1.29 is 0 Å². The average molecular weight is 234 g/mol. The molecule has 1 aromatic carbocycles. The number of anilines is 1.